The molecular formula is C24H20ClFN6. The van der Waals surface area contributed by atoms with Gasteiger partial charge in [-0.15, -0.1) is 0 Å². The molecule has 3 aromatic carbocycles. The Morgan fingerprint density at radius 1 is 0.938 bits per heavy atom. The lowest BCUT2D eigenvalue weighted by atomic mass is 10.1. The molecule has 0 aliphatic rings. The number of hydrogen-bond donors (Lipinski definition) is 2. The Hall–Kier alpha value is -3.55. The van der Waals surface area contributed by atoms with Crippen LogP contribution in [0.25, 0.3) is 22.3 Å². The van der Waals surface area contributed by atoms with Crippen molar-refractivity contribution < 1.29 is 4.39 Å². The number of halogens is 2. The molecule has 8 heteroatoms. The van der Waals surface area contributed by atoms with Crippen LogP contribution in [0.15, 0.2) is 72.8 Å². The molecule has 0 amide bonds. The van der Waals surface area contributed by atoms with Gasteiger partial charge in [0, 0.05) is 17.1 Å². The normalized spacial score (nSPS) is 11.3. The third-order valence-corrected chi connectivity index (χ3v) is 5.47. The van der Waals surface area contributed by atoms with Crippen molar-refractivity contribution in [1.29, 1.82) is 0 Å². The molecule has 0 saturated heterocycles. The van der Waals surface area contributed by atoms with E-state index in [4.69, 9.17) is 11.6 Å². The molecule has 0 aliphatic carbocycles. The van der Waals surface area contributed by atoms with Crippen molar-refractivity contribution in [3.8, 4) is 11.3 Å². The van der Waals surface area contributed by atoms with E-state index in [2.05, 4.69) is 25.5 Å². The fourth-order valence-corrected chi connectivity index (χ4v) is 3.81. The molecule has 0 saturated carbocycles. The van der Waals surface area contributed by atoms with Crippen molar-refractivity contribution in [2.24, 2.45) is 0 Å². The van der Waals surface area contributed by atoms with Crippen molar-refractivity contribution in [3.05, 3.63) is 101 Å². The van der Waals surface area contributed by atoms with Crippen LogP contribution in [0.2, 0.25) is 5.02 Å². The van der Waals surface area contributed by atoms with E-state index in [1.54, 1.807) is 10.9 Å². The molecular weight excluding hydrogens is 427 g/mol. The predicted molar refractivity (Wildman–Crippen MR) is 123 cm³/mol. The molecule has 5 rings (SSSR count). The third-order valence-electron chi connectivity index (χ3n) is 5.12. The maximum Gasteiger partial charge on any atom is 0.124 e. The topological polar surface area (TPSA) is 71.4 Å². The highest BCUT2D eigenvalue weighted by atomic mass is 35.5. The Morgan fingerprint density at radius 3 is 2.56 bits per heavy atom. The van der Waals surface area contributed by atoms with E-state index in [0.29, 0.717) is 24.7 Å². The second-order valence-corrected chi connectivity index (χ2v) is 7.84. The summed E-state index contributed by atoms with van der Waals surface area (Å²) < 4.78 is 13.4. The summed E-state index contributed by atoms with van der Waals surface area (Å²) in [5.41, 5.74) is 5.29. The Labute approximate surface area is 189 Å². The highest BCUT2D eigenvalue weighted by Gasteiger charge is 2.14. The monoisotopic (exact) mass is 446 g/mol. The summed E-state index contributed by atoms with van der Waals surface area (Å²) in [4.78, 5) is 9.51. The SMILES string of the molecule is Fc1ccc(Cn2nc(CNCc3nc4ccccc4[nH]3)c(-c3ccccc3)n2)c(Cl)c1. The van der Waals surface area contributed by atoms with E-state index in [1.807, 2.05) is 54.6 Å². The van der Waals surface area contributed by atoms with Crippen LogP contribution in [-0.4, -0.2) is 25.0 Å². The van der Waals surface area contributed by atoms with E-state index in [-0.39, 0.29) is 5.82 Å². The van der Waals surface area contributed by atoms with E-state index in [9.17, 15) is 4.39 Å². The van der Waals surface area contributed by atoms with Gasteiger partial charge in [0.15, 0.2) is 0 Å². The van der Waals surface area contributed by atoms with Gasteiger partial charge in [-0.25, -0.2) is 9.37 Å². The molecule has 32 heavy (non-hydrogen) atoms. The summed E-state index contributed by atoms with van der Waals surface area (Å²) in [6.45, 7) is 1.43. The van der Waals surface area contributed by atoms with Gasteiger partial charge in [0.05, 0.1) is 24.1 Å². The lowest BCUT2D eigenvalue weighted by Gasteiger charge is -2.03. The highest BCUT2D eigenvalue weighted by Crippen LogP contribution is 2.22. The summed E-state index contributed by atoms with van der Waals surface area (Å²) in [6.07, 6.45) is 0. The number of rotatable bonds is 7. The molecule has 0 atom stereocenters. The van der Waals surface area contributed by atoms with Crippen LogP contribution in [0.3, 0.4) is 0 Å². The summed E-state index contributed by atoms with van der Waals surface area (Å²) in [6, 6.07) is 22.2. The zero-order chi connectivity index (χ0) is 21.9. The van der Waals surface area contributed by atoms with Crippen LogP contribution < -0.4 is 5.32 Å². The van der Waals surface area contributed by atoms with Gasteiger partial charge < -0.3 is 10.3 Å². The average Bonchev–Trinajstić information content (AvgIpc) is 3.40. The van der Waals surface area contributed by atoms with Gasteiger partial charge in [0.2, 0.25) is 0 Å². The van der Waals surface area contributed by atoms with Crippen molar-refractivity contribution in [2.45, 2.75) is 19.6 Å². The molecule has 0 aliphatic heterocycles. The number of aromatic amines is 1. The Balaban J connectivity index is 1.37. The van der Waals surface area contributed by atoms with Crippen LogP contribution >= 0.6 is 11.6 Å². The average molecular weight is 447 g/mol. The van der Waals surface area contributed by atoms with Crippen molar-refractivity contribution >= 4 is 22.6 Å². The number of nitrogens with one attached hydrogen (secondary N) is 2. The van der Waals surface area contributed by atoms with Crippen LogP contribution in [0.4, 0.5) is 4.39 Å². The van der Waals surface area contributed by atoms with Gasteiger partial charge in [0.1, 0.15) is 23.0 Å². The second-order valence-electron chi connectivity index (χ2n) is 7.43. The number of fused-ring (bicyclic) bond motifs is 1. The minimum absolute atomic E-state index is 0.350. The largest absolute Gasteiger partial charge is 0.341 e. The molecule has 0 radical (unpaired) electrons. The summed E-state index contributed by atoms with van der Waals surface area (Å²) >= 11 is 6.20. The predicted octanol–water partition coefficient (Wildman–Crippen LogP) is 4.95. The fraction of sp³-hybridized carbons (Fsp3) is 0.125. The molecule has 0 unspecified atom stereocenters. The zero-order valence-corrected chi connectivity index (χ0v) is 17.9. The number of imidazole rings is 1. The molecule has 0 spiro atoms. The van der Waals surface area contributed by atoms with Crippen LogP contribution in [0.5, 0.6) is 0 Å². The molecule has 0 fully saturated rings. The Morgan fingerprint density at radius 2 is 1.75 bits per heavy atom. The minimum Gasteiger partial charge on any atom is -0.341 e. The Bertz CT molecular complexity index is 1330. The van der Waals surface area contributed by atoms with Crippen molar-refractivity contribution in [3.63, 3.8) is 0 Å². The molecule has 2 heterocycles. The molecule has 6 nitrogen and oxygen atoms in total. The highest BCUT2D eigenvalue weighted by molar-refractivity contribution is 6.31. The smallest absolute Gasteiger partial charge is 0.124 e. The first-order valence-electron chi connectivity index (χ1n) is 10.2. The number of para-hydroxylation sites is 2. The van der Waals surface area contributed by atoms with Gasteiger partial charge >= 0.3 is 0 Å². The number of aromatic nitrogens is 5. The lowest BCUT2D eigenvalue weighted by Crippen LogP contribution is -2.15. The quantitative estimate of drug-likeness (QED) is 0.371. The van der Waals surface area contributed by atoms with E-state index in [1.165, 1.54) is 12.1 Å². The first kappa shape index (κ1) is 20.4. The van der Waals surface area contributed by atoms with Crippen LogP contribution in [0.1, 0.15) is 17.1 Å². The van der Waals surface area contributed by atoms with Crippen molar-refractivity contribution in [1.82, 2.24) is 30.3 Å². The van der Waals surface area contributed by atoms with Gasteiger partial charge in [-0.05, 0) is 29.8 Å². The molecule has 2 aromatic heterocycles. The zero-order valence-electron chi connectivity index (χ0n) is 17.1. The first-order valence-corrected chi connectivity index (χ1v) is 10.6. The fourth-order valence-electron chi connectivity index (χ4n) is 3.58. The van der Waals surface area contributed by atoms with Gasteiger partial charge in [-0.2, -0.15) is 15.0 Å². The van der Waals surface area contributed by atoms with E-state index < -0.39 is 0 Å². The summed E-state index contributed by atoms with van der Waals surface area (Å²) in [5.74, 6) is 0.491. The Kier molecular flexibility index (Phi) is 5.66. The third kappa shape index (κ3) is 4.39. The number of hydrogen-bond acceptors (Lipinski definition) is 4. The first-order chi connectivity index (χ1) is 15.7. The summed E-state index contributed by atoms with van der Waals surface area (Å²) in [5, 5.41) is 13.1. The van der Waals surface area contributed by atoms with Crippen molar-refractivity contribution in [2.75, 3.05) is 0 Å². The maximum absolute atomic E-state index is 13.4. The molecule has 5 aromatic rings. The standard InChI is InChI=1S/C24H20ClFN6/c25-19-12-18(26)11-10-17(19)15-32-30-22(24(31-32)16-6-2-1-3-7-16)13-27-14-23-28-20-8-4-5-9-21(20)29-23/h1-12,27H,13-15H2,(H,28,29). The molecule has 160 valence electrons. The molecule has 2 N–H and O–H groups in total. The van der Waals surface area contributed by atoms with E-state index in [0.717, 1.165) is 39.4 Å². The van der Waals surface area contributed by atoms with Crippen LogP contribution in [-0.2, 0) is 19.6 Å². The maximum atomic E-state index is 13.4. The number of nitrogens with zero attached hydrogens (tertiary/aromatic N) is 4. The van der Waals surface area contributed by atoms with Gasteiger partial charge in [0.25, 0.3) is 0 Å². The van der Waals surface area contributed by atoms with Gasteiger partial charge in [-0.1, -0.05) is 60.1 Å². The van der Waals surface area contributed by atoms with Gasteiger partial charge in [-0.3, -0.25) is 0 Å². The van der Waals surface area contributed by atoms with Crippen LogP contribution in [0, 0.1) is 5.82 Å². The lowest BCUT2D eigenvalue weighted by molar-refractivity contribution is 0.573. The second kappa shape index (κ2) is 8.90. The molecule has 0 bridgehead atoms. The number of H-pyrrole nitrogens is 1. The number of benzene rings is 3. The summed E-state index contributed by atoms with van der Waals surface area (Å²) in [7, 11) is 0. The minimum atomic E-state index is -0.368. The van der Waals surface area contributed by atoms with E-state index >= 15 is 0 Å².